The minimum Gasteiger partial charge on any atom is -0.543 e. The summed E-state index contributed by atoms with van der Waals surface area (Å²) in [6.45, 7) is 25.4. The van der Waals surface area contributed by atoms with Crippen LogP contribution in [0.1, 0.15) is 62.3 Å². The van der Waals surface area contributed by atoms with Crippen molar-refractivity contribution in [3.8, 4) is 0 Å². The number of hydrogen-bond donors (Lipinski definition) is 0. The van der Waals surface area contributed by atoms with Crippen molar-refractivity contribution in [1.82, 2.24) is 0 Å². The van der Waals surface area contributed by atoms with E-state index in [-0.39, 0.29) is 5.92 Å². The fourth-order valence-electron chi connectivity index (χ4n) is 3.91. The van der Waals surface area contributed by atoms with Gasteiger partial charge in [-0.3, -0.25) is 0 Å². The SMILES string of the molecule is C=C(O[Si](C(C)C)(C(C)C)C(C)C)/C(C)=C/C=C/C1COC(C)(C)OC1. The van der Waals surface area contributed by atoms with Crippen molar-refractivity contribution in [3.05, 3.63) is 36.1 Å². The van der Waals surface area contributed by atoms with E-state index in [2.05, 4.69) is 73.3 Å². The molecular formula is C22H40O3Si. The van der Waals surface area contributed by atoms with E-state index in [0.717, 1.165) is 11.3 Å². The van der Waals surface area contributed by atoms with Gasteiger partial charge in [0.15, 0.2) is 5.79 Å². The van der Waals surface area contributed by atoms with Gasteiger partial charge in [-0.15, -0.1) is 0 Å². The van der Waals surface area contributed by atoms with Crippen molar-refractivity contribution in [3.63, 3.8) is 0 Å². The maximum Gasteiger partial charge on any atom is 0.258 e. The molecule has 0 saturated carbocycles. The summed E-state index contributed by atoms with van der Waals surface area (Å²) in [5.74, 6) is 0.642. The first-order chi connectivity index (χ1) is 11.9. The van der Waals surface area contributed by atoms with Gasteiger partial charge in [0.2, 0.25) is 0 Å². The summed E-state index contributed by atoms with van der Waals surface area (Å²) in [5, 5.41) is 0. The molecule has 0 bridgehead atoms. The molecule has 1 aliphatic rings. The molecule has 0 radical (unpaired) electrons. The lowest BCUT2D eigenvalue weighted by Crippen LogP contribution is -2.47. The van der Waals surface area contributed by atoms with Crippen LogP contribution in [0.5, 0.6) is 0 Å². The Balaban J connectivity index is 2.76. The molecule has 150 valence electrons. The fourth-order valence-corrected chi connectivity index (χ4v) is 9.21. The predicted molar refractivity (Wildman–Crippen MR) is 114 cm³/mol. The topological polar surface area (TPSA) is 27.7 Å². The third-order valence-corrected chi connectivity index (χ3v) is 11.5. The van der Waals surface area contributed by atoms with Crippen LogP contribution >= 0.6 is 0 Å². The molecule has 0 aromatic rings. The van der Waals surface area contributed by atoms with E-state index in [0.29, 0.717) is 29.8 Å². The molecule has 1 rings (SSSR count). The van der Waals surface area contributed by atoms with Gasteiger partial charge in [0.1, 0.15) is 0 Å². The van der Waals surface area contributed by atoms with Gasteiger partial charge in [-0.2, -0.15) is 0 Å². The van der Waals surface area contributed by atoms with Crippen LogP contribution in [0.2, 0.25) is 16.6 Å². The first kappa shape index (κ1) is 23.2. The third kappa shape index (κ3) is 5.83. The van der Waals surface area contributed by atoms with Gasteiger partial charge >= 0.3 is 0 Å². The smallest absolute Gasteiger partial charge is 0.258 e. The summed E-state index contributed by atoms with van der Waals surface area (Å²) in [7, 11) is -1.95. The highest BCUT2D eigenvalue weighted by molar-refractivity contribution is 6.77. The first-order valence-electron chi connectivity index (χ1n) is 9.93. The van der Waals surface area contributed by atoms with Gasteiger partial charge in [-0.05, 0) is 43.0 Å². The van der Waals surface area contributed by atoms with Gasteiger partial charge in [0.05, 0.1) is 19.0 Å². The second-order valence-electron chi connectivity index (χ2n) is 8.86. The molecule has 0 aliphatic carbocycles. The summed E-state index contributed by atoms with van der Waals surface area (Å²) in [4.78, 5) is 0. The lowest BCUT2D eigenvalue weighted by atomic mass is 10.1. The molecule has 1 aliphatic heterocycles. The van der Waals surface area contributed by atoms with Crippen molar-refractivity contribution >= 4 is 8.32 Å². The summed E-state index contributed by atoms with van der Waals surface area (Å²) in [6.07, 6.45) is 6.30. The zero-order chi connectivity index (χ0) is 20.1. The Morgan fingerprint density at radius 1 is 1.04 bits per heavy atom. The zero-order valence-corrected chi connectivity index (χ0v) is 19.4. The number of rotatable bonds is 8. The maximum atomic E-state index is 6.65. The fraction of sp³-hybridized carbons (Fsp3) is 0.727. The van der Waals surface area contributed by atoms with Gasteiger partial charge in [-0.25, -0.2) is 0 Å². The molecule has 0 amide bonds. The van der Waals surface area contributed by atoms with Crippen LogP contribution in [0.25, 0.3) is 0 Å². The molecule has 0 atom stereocenters. The number of hydrogen-bond acceptors (Lipinski definition) is 3. The molecule has 0 N–H and O–H groups in total. The Hall–Kier alpha value is -0.843. The minimum absolute atomic E-state index is 0.289. The normalized spacial score (nSPS) is 19.8. The van der Waals surface area contributed by atoms with E-state index >= 15 is 0 Å². The van der Waals surface area contributed by atoms with E-state index in [4.69, 9.17) is 13.9 Å². The third-order valence-electron chi connectivity index (χ3n) is 5.47. The van der Waals surface area contributed by atoms with Crippen LogP contribution in [0.4, 0.5) is 0 Å². The maximum absolute atomic E-state index is 6.65. The predicted octanol–water partition coefficient (Wildman–Crippen LogP) is 6.59. The quantitative estimate of drug-likeness (QED) is 0.270. The Morgan fingerprint density at radius 3 is 1.92 bits per heavy atom. The zero-order valence-electron chi connectivity index (χ0n) is 18.4. The summed E-state index contributed by atoms with van der Waals surface area (Å²) >= 11 is 0. The Kier molecular flexibility index (Phi) is 8.37. The van der Waals surface area contributed by atoms with Crippen molar-refractivity contribution in [2.45, 2.75) is 84.7 Å². The van der Waals surface area contributed by atoms with Crippen LogP contribution < -0.4 is 0 Å². The summed E-state index contributed by atoms with van der Waals surface area (Å²) < 4.78 is 18.0. The van der Waals surface area contributed by atoms with Crippen molar-refractivity contribution < 1.29 is 13.9 Å². The van der Waals surface area contributed by atoms with Gasteiger partial charge < -0.3 is 13.9 Å². The van der Waals surface area contributed by atoms with Crippen molar-refractivity contribution in [1.29, 1.82) is 0 Å². The van der Waals surface area contributed by atoms with Gasteiger partial charge in [0, 0.05) is 5.92 Å². The average Bonchev–Trinajstić information content (AvgIpc) is 2.52. The molecule has 4 heteroatoms. The molecular weight excluding hydrogens is 340 g/mol. The monoisotopic (exact) mass is 380 g/mol. The number of ether oxygens (including phenoxy) is 2. The second-order valence-corrected chi connectivity index (χ2v) is 14.2. The van der Waals surface area contributed by atoms with Crippen molar-refractivity contribution in [2.24, 2.45) is 5.92 Å². The molecule has 1 fully saturated rings. The largest absolute Gasteiger partial charge is 0.543 e. The lowest BCUT2D eigenvalue weighted by molar-refractivity contribution is -0.256. The first-order valence-corrected chi connectivity index (χ1v) is 12.1. The van der Waals surface area contributed by atoms with E-state index in [9.17, 15) is 0 Å². The second kappa shape index (κ2) is 9.38. The van der Waals surface area contributed by atoms with Crippen LogP contribution in [-0.4, -0.2) is 27.3 Å². The molecule has 1 heterocycles. The Labute approximate surface area is 162 Å². The highest BCUT2D eigenvalue weighted by Crippen LogP contribution is 2.44. The van der Waals surface area contributed by atoms with E-state index < -0.39 is 14.1 Å². The lowest BCUT2D eigenvalue weighted by Gasteiger charge is -2.42. The Bertz CT molecular complexity index is 498. The highest BCUT2D eigenvalue weighted by atomic mass is 28.4. The molecule has 3 nitrogen and oxygen atoms in total. The highest BCUT2D eigenvalue weighted by Gasteiger charge is 2.47. The molecule has 0 aromatic heterocycles. The molecule has 1 saturated heterocycles. The molecule has 0 unspecified atom stereocenters. The van der Waals surface area contributed by atoms with Crippen LogP contribution in [0, 0.1) is 5.92 Å². The van der Waals surface area contributed by atoms with Crippen LogP contribution in [-0.2, 0) is 13.9 Å². The van der Waals surface area contributed by atoms with E-state index in [1.807, 2.05) is 13.8 Å². The van der Waals surface area contributed by atoms with E-state index in [1.165, 1.54) is 0 Å². The van der Waals surface area contributed by atoms with E-state index in [1.54, 1.807) is 0 Å². The molecule has 26 heavy (non-hydrogen) atoms. The summed E-state index contributed by atoms with van der Waals surface area (Å²) in [5.41, 5.74) is 2.71. The van der Waals surface area contributed by atoms with Gasteiger partial charge in [-0.1, -0.05) is 66.3 Å². The number of allylic oxidation sites excluding steroid dienone is 3. The minimum atomic E-state index is -1.95. The molecule has 0 spiro atoms. The average molecular weight is 381 g/mol. The summed E-state index contributed by atoms with van der Waals surface area (Å²) in [6, 6.07) is 0. The van der Waals surface area contributed by atoms with Crippen molar-refractivity contribution in [2.75, 3.05) is 13.2 Å². The standard InChI is InChI=1S/C22H40O3Si/c1-16(2)26(17(3)4,18(5)6)25-20(8)19(7)12-11-13-21-14-23-22(9,10)24-15-21/h11-13,16-18,21H,8,14-15H2,1-7,9-10H3/b13-11+,19-12+. The van der Waals surface area contributed by atoms with Crippen LogP contribution in [0.15, 0.2) is 36.1 Å². The molecule has 0 aromatic carbocycles. The Morgan fingerprint density at radius 2 is 1.50 bits per heavy atom. The van der Waals surface area contributed by atoms with Gasteiger partial charge in [0.25, 0.3) is 8.32 Å². The van der Waals surface area contributed by atoms with Crippen LogP contribution in [0.3, 0.4) is 0 Å².